The highest BCUT2D eigenvalue weighted by atomic mass is 16.5. The van der Waals surface area contributed by atoms with E-state index in [1.54, 1.807) is 6.92 Å². The van der Waals surface area contributed by atoms with Crippen LogP contribution in [0.4, 0.5) is 0 Å². The first-order valence-electron chi connectivity index (χ1n) is 7.05. The second kappa shape index (κ2) is 8.25. The number of ketones is 1. The monoisotopic (exact) mass is 255 g/mol. The largest absolute Gasteiger partial charge is 0.466 e. The molecule has 0 radical (unpaired) electrons. The summed E-state index contributed by atoms with van der Waals surface area (Å²) in [5.74, 6) is 0.643. The molecule has 1 atom stereocenters. The number of likely N-dealkylation sites (tertiary alicyclic amines) is 1. The van der Waals surface area contributed by atoms with Gasteiger partial charge in [0.2, 0.25) is 0 Å². The van der Waals surface area contributed by atoms with Crippen LogP contribution >= 0.6 is 0 Å². The van der Waals surface area contributed by atoms with Crippen LogP contribution in [0.25, 0.3) is 0 Å². The molecule has 1 saturated heterocycles. The fraction of sp³-hybridized carbons (Fsp3) is 0.857. The molecule has 1 heterocycles. The number of hydrogen-bond donors (Lipinski definition) is 0. The summed E-state index contributed by atoms with van der Waals surface area (Å²) in [5, 5.41) is 0. The van der Waals surface area contributed by atoms with Crippen molar-refractivity contribution >= 4 is 11.8 Å². The Balaban J connectivity index is 2.15. The summed E-state index contributed by atoms with van der Waals surface area (Å²) in [6.45, 7) is 6.93. The van der Waals surface area contributed by atoms with Gasteiger partial charge in [-0.2, -0.15) is 0 Å². The Morgan fingerprint density at radius 1 is 1.28 bits per heavy atom. The molecule has 1 unspecified atom stereocenters. The maximum atomic E-state index is 11.7. The normalized spacial score (nSPS) is 20.0. The number of Topliss-reactive ketones (excluding diaryl/α,β-unsaturated/α-hetero) is 1. The zero-order chi connectivity index (χ0) is 13.4. The van der Waals surface area contributed by atoms with Crippen molar-refractivity contribution in [3.8, 4) is 0 Å². The maximum Gasteiger partial charge on any atom is 0.306 e. The summed E-state index contributed by atoms with van der Waals surface area (Å²) >= 11 is 0. The molecule has 4 nitrogen and oxygen atoms in total. The molecule has 104 valence electrons. The Labute approximate surface area is 110 Å². The SMILES string of the molecule is CCCC1CCN(CC(=O)CCC(=O)OCC)C1. The van der Waals surface area contributed by atoms with Gasteiger partial charge in [-0.05, 0) is 32.2 Å². The zero-order valence-corrected chi connectivity index (χ0v) is 11.6. The minimum absolute atomic E-state index is 0.153. The lowest BCUT2D eigenvalue weighted by molar-refractivity contribution is -0.144. The van der Waals surface area contributed by atoms with Crippen LogP contribution in [0.5, 0.6) is 0 Å². The number of rotatable bonds is 8. The van der Waals surface area contributed by atoms with Crippen LogP contribution in [-0.2, 0) is 14.3 Å². The summed E-state index contributed by atoms with van der Waals surface area (Å²) in [6.07, 6.45) is 4.22. The van der Waals surface area contributed by atoms with E-state index in [9.17, 15) is 9.59 Å². The van der Waals surface area contributed by atoms with Crippen LogP contribution in [0.2, 0.25) is 0 Å². The molecule has 0 spiro atoms. The lowest BCUT2D eigenvalue weighted by Gasteiger charge is -2.14. The molecule has 1 aliphatic heterocycles. The lowest BCUT2D eigenvalue weighted by Crippen LogP contribution is -2.28. The summed E-state index contributed by atoms with van der Waals surface area (Å²) in [5.41, 5.74) is 0. The first-order valence-corrected chi connectivity index (χ1v) is 7.05. The third-order valence-electron chi connectivity index (χ3n) is 3.38. The molecule has 1 rings (SSSR count). The number of carbonyl (C=O) groups excluding carboxylic acids is 2. The van der Waals surface area contributed by atoms with Crippen molar-refractivity contribution in [1.82, 2.24) is 4.90 Å². The number of esters is 1. The van der Waals surface area contributed by atoms with Gasteiger partial charge in [0.25, 0.3) is 0 Å². The molecule has 0 aliphatic carbocycles. The maximum absolute atomic E-state index is 11.7. The van der Waals surface area contributed by atoms with E-state index in [4.69, 9.17) is 4.74 Å². The highest BCUT2D eigenvalue weighted by Gasteiger charge is 2.23. The summed E-state index contributed by atoms with van der Waals surface area (Å²) in [6, 6.07) is 0. The van der Waals surface area contributed by atoms with Gasteiger partial charge in [-0.25, -0.2) is 0 Å². The molecule has 4 heteroatoms. The topological polar surface area (TPSA) is 46.6 Å². The van der Waals surface area contributed by atoms with Gasteiger partial charge in [-0.15, -0.1) is 0 Å². The number of hydrogen-bond acceptors (Lipinski definition) is 4. The Morgan fingerprint density at radius 3 is 2.72 bits per heavy atom. The molecular weight excluding hydrogens is 230 g/mol. The van der Waals surface area contributed by atoms with Crippen molar-refractivity contribution in [1.29, 1.82) is 0 Å². The summed E-state index contributed by atoms with van der Waals surface area (Å²) in [4.78, 5) is 25.1. The molecule has 0 aromatic rings. The first kappa shape index (κ1) is 15.2. The van der Waals surface area contributed by atoms with E-state index < -0.39 is 0 Å². The van der Waals surface area contributed by atoms with Gasteiger partial charge in [0.15, 0.2) is 0 Å². The average molecular weight is 255 g/mol. The number of nitrogens with zero attached hydrogens (tertiary/aromatic N) is 1. The fourth-order valence-corrected chi connectivity index (χ4v) is 2.50. The van der Waals surface area contributed by atoms with Gasteiger partial charge in [-0.3, -0.25) is 14.5 Å². The third-order valence-corrected chi connectivity index (χ3v) is 3.38. The molecule has 0 bridgehead atoms. The van der Waals surface area contributed by atoms with Crippen LogP contribution in [-0.4, -0.2) is 42.9 Å². The lowest BCUT2D eigenvalue weighted by atomic mass is 10.0. The van der Waals surface area contributed by atoms with Crippen LogP contribution in [0.15, 0.2) is 0 Å². The molecule has 0 amide bonds. The quantitative estimate of drug-likeness (QED) is 0.623. The van der Waals surface area contributed by atoms with E-state index in [1.165, 1.54) is 19.3 Å². The highest BCUT2D eigenvalue weighted by Crippen LogP contribution is 2.20. The van der Waals surface area contributed by atoms with E-state index in [-0.39, 0.29) is 18.2 Å². The second-order valence-electron chi connectivity index (χ2n) is 5.02. The Bertz CT molecular complexity index is 278. The Hall–Kier alpha value is -0.900. The van der Waals surface area contributed by atoms with Crippen molar-refractivity contribution < 1.29 is 14.3 Å². The van der Waals surface area contributed by atoms with Crippen LogP contribution in [0.1, 0.15) is 46.0 Å². The van der Waals surface area contributed by atoms with Gasteiger partial charge in [0.05, 0.1) is 19.6 Å². The van der Waals surface area contributed by atoms with Crippen molar-refractivity contribution in [3.63, 3.8) is 0 Å². The number of carbonyl (C=O) groups is 2. The van der Waals surface area contributed by atoms with Gasteiger partial charge in [0, 0.05) is 13.0 Å². The van der Waals surface area contributed by atoms with Crippen molar-refractivity contribution in [3.05, 3.63) is 0 Å². The van der Waals surface area contributed by atoms with Crippen molar-refractivity contribution in [2.24, 2.45) is 5.92 Å². The predicted molar refractivity (Wildman–Crippen MR) is 70.3 cm³/mol. The van der Waals surface area contributed by atoms with E-state index in [0.717, 1.165) is 19.0 Å². The minimum atomic E-state index is -0.267. The molecule has 0 aromatic carbocycles. The molecule has 0 N–H and O–H groups in total. The first-order chi connectivity index (χ1) is 8.65. The van der Waals surface area contributed by atoms with E-state index >= 15 is 0 Å². The molecule has 18 heavy (non-hydrogen) atoms. The van der Waals surface area contributed by atoms with Crippen LogP contribution in [0, 0.1) is 5.92 Å². The predicted octanol–water partition coefficient (Wildman–Crippen LogP) is 2.02. The van der Waals surface area contributed by atoms with Crippen molar-refractivity contribution in [2.75, 3.05) is 26.2 Å². The van der Waals surface area contributed by atoms with Gasteiger partial charge < -0.3 is 4.74 Å². The third kappa shape index (κ3) is 5.63. The molecule has 1 fully saturated rings. The Kier molecular flexibility index (Phi) is 6.94. The van der Waals surface area contributed by atoms with E-state index in [1.807, 2.05) is 0 Å². The summed E-state index contributed by atoms with van der Waals surface area (Å²) < 4.78 is 4.81. The molecule has 0 saturated carbocycles. The highest BCUT2D eigenvalue weighted by molar-refractivity contribution is 5.84. The summed E-state index contributed by atoms with van der Waals surface area (Å²) in [7, 11) is 0. The van der Waals surface area contributed by atoms with E-state index in [0.29, 0.717) is 19.6 Å². The molecule has 0 aromatic heterocycles. The minimum Gasteiger partial charge on any atom is -0.466 e. The van der Waals surface area contributed by atoms with Crippen molar-refractivity contribution in [2.45, 2.75) is 46.0 Å². The molecule has 1 aliphatic rings. The standard InChI is InChI=1S/C14H25NO3/c1-3-5-12-8-9-15(10-12)11-13(16)6-7-14(17)18-4-2/h12H,3-11H2,1-2H3. The fourth-order valence-electron chi connectivity index (χ4n) is 2.50. The number of ether oxygens (including phenoxy) is 1. The zero-order valence-electron chi connectivity index (χ0n) is 11.6. The second-order valence-corrected chi connectivity index (χ2v) is 5.02. The van der Waals surface area contributed by atoms with Crippen LogP contribution in [0.3, 0.4) is 0 Å². The van der Waals surface area contributed by atoms with Gasteiger partial charge in [-0.1, -0.05) is 13.3 Å². The average Bonchev–Trinajstić information content (AvgIpc) is 2.75. The van der Waals surface area contributed by atoms with Gasteiger partial charge in [0.1, 0.15) is 5.78 Å². The smallest absolute Gasteiger partial charge is 0.306 e. The van der Waals surface area contributed by atoms with Crippen LogP contribution < -0.4 is 0 Å². The Morgan fingerprint density at radius 2 is 2.06 bits per heavy atom. The molecular formula is C14H25NO3. The van der Waals surface area contributed by atoms with E-state index in [2.05, 4.69) is 11.8 Å². The van der Waals surface area contributed by atoms with Gasteiger partial charge >= 0.3 is 5.97 Å².